The fourth-order valence-electron chi connectivity index (χ4n) is 2.86. The fourth-order valence-corrected chi connectivity index (χ4v) is 3.92. The highest BCUT2D eigenvalue weighted by Gasteiger charge is 2.30. The highest BCUT2D eigenvalue weighted by molar-refractivity contribution is 8.04. The molecule has 1 aliphatic heterocycles. The van der Waals surface area contributed by atoms with E-state index >= 15 is 0 Å². The van der Waals surface area contributed by atoms with Crippen molar-refractivity contribution in [2.75, 3.05) is 11.4 Å². The standard InChI is InChI=1S/C21H17N3O2S/c1-15-6-8-16(9-7-15)12-19-21(26)24(13-20(25)23-11-10-22-14-23)17-4-2-3-5-18(17)27-19/h2-12,14H,13H2,1H3. The molecule has 1 aromatic heterocycles. The monoisotopic (exact) mass is 375 g/mol. The minimum Gasteiger partial charge on any atom is -0.297 e. The highest BCUT2D eigenvalue weighted by Crippen LogP contribution is 2.41. The summed E-state index contributed by atoms with van der Waals surface area (Å²) in [6, 6.07) is 15.6. The van der Waals surface area contributed by atoms with Crippen molar-refractivity contribution in [3.8, 4) is 0 Å². The molecule has 0 saturated heterocycles. The predicted molar refractivity (Wildman–Crippen MR) is 107 cm³/mol. The molecule has 0 bridgehead atoms. The second-order valence-electron chi connectivity index (χ2n) is 6.24. The van der Waals surface area contributed by atoms with Gasteiger partial charge in [0.25, 0.3) is 11.8 Å². The number of aryl methyl sites for hydroxylation is 1. The van der Waals surface area contributed by atoms with Crippen LogP contribution >= 0.6 is 11.8 Å². The SMILES string of the molecule is Cc1ccc(C=C2Sc3ccccc3N(CC(=O)n3ccnc3)C2=O)cc1. The molecular formula is C21H17N3O2S. The van der Waals surface area contributed by atoms with Crippen LogP contribution in [0.15, 0.2) is 77.1 Å². The minimum absolute atomic E-state index is 0.0436. The molecule has 0 fully saturated rings. The van der Waals surface area contributed by atoms with E-state index in [2.05, 4.69) is 4.98 Å². The minimum atomic E-state index is -0.211. The summed E-state index contributed by atoms with van der Waals surface area (Å²) in [5, 5.41) is 0. The number of rotatable bonds is 3. The van der Waals surface area contributed by atoms with Crippen molar-refractivity contribution < 1.29 is 9.59 Å². The Labute approximate surface area is 161 Å². The van der Waals surface area contributed by atoms with Crippen molar-refractivity contribution in [3.63, 3.8) is 0 Å². The summed E-state index contributed by atoms with van der Waals surface area (Å²) in [7, 11) is 0. The van der Waals surface area contributed by atoms with Crippen molar-refractivity contribution in [3.05, 3.63) is 83.3 Å². The normalized spacial score (nSPS) is 15.1. The van der Waals surface area contributed by atoms with Crippen LogP contribution in [0.5, 0.6) is 0 Å². The number of carbonyl (C=O) groups is 2. The van der Waals surface area contributed by atoms with Gasteiger partial charge in [-0.25, -0.2) is 4.98 Å². The van der Waals surface area contributed by atoms with Gasteiger partial charge in [-0.15, -0.1) is 0 Å². The summed E-state index contributed by atoms with van der Waals surface area (Å²) >= 11 is 1.43. The van der Waals surface area contributed by atoms with Gasteiger partial charge in [0.05, 0.1) is 10.6 Å². The molecule has 4 rings (SSSR count). The molecule has 1 amide bonds. The van der Waals surface area contributed by atoms with Crippen LogP contribution in [-0.4, -0.2) is 27.9 Å². The molecule has 134 valence electrons. The Kier molecular flexibility index (Phi) is 4.64. The summed E-state index contributed by atoms with van der Waals surface area (Å²) in [4.78, 5) is 32.6. The maximum Gasteiger partial charge on any atom is 0.265 e. The van der Waals surface area contributed by atoms with Crippen LogP contribution in [0.1, 0.15) is 15.9 Å². The molecule has 0 saturated carbocycles. The molecule has 6 heteroatoms. The number of amides is 1. The lowest BCUT2D eigenvalue weighted by Crippen LogP contribution is -2.39. The molecule has 0 aliphatic carbocycles. The second-order valence-corrected chi connectivity index (χ2v) is 7.33. The smallest absolute Gasteiger partial charge is 0.265 e. The summed E-state index contributed by atoms with van der Waals surface area (Å²) in [6.45, 7) is 1.98. The summed E-state index contributed by atoms with van der Waals surface area (Å²) in [5.41, 5.74) is 2.87. The van der Waals surface area contributed by atoms with Crippen molar-refractivity contribution in [2.45, 2.75) is 11.8 Å². The Bertz CT molecular complexity index is 1020. The van der Waals surface area contributed by atoms with Gasteiger partial charge in [0.15, 0.2) is 0 Å². The average Bonchev–Trinajstić information content (AvgIpc) is 3.21. The van der Waals surface area contributed by atoms with Gasteiger partial charge in [-0.3, -0.25) is 19.1 Å². The van der Waals surface area contributed by atoms with Crippen LogP contribution in [-0.2, 0) is 4.79 Å². The summed E-state index contributed by atoms with van der Waals surface area (Å²) < 4.78 is 1.39. The van der Waals surface area contributed by atoms with Crippen LogP contribution in [0.25, 0.3) is 6.08 Å². The van der Waals surface area contributed by atoms with Crippen molar-refractivity contribution >= 4 is 35.3 Å². The third-order valence-electron chi connectivity index (χ3n) is 4.29. The van der Waals surface area contributed by atoms with Crippen molar-refractivity contribution in [2.24, 2.45) is 0 Å². The number of fused-ring (bicyclic) bond motifs is 1. The second kappa shape index (κ2) is 7.25. The van der Waals surface area contributed by atoms with Gasteiger partial charge in [0, 0.05) is 17.3 Å². The molecule has 2 aromatic carbocycles. The van der Waals surface area contributed by atoms with Crippen LogP contribution in [0.2, 0.25) is 0 Å². The highest BCUT2D eigenvalue weighted by atomic mass is 32.2. The molecule has 1 aliphatic rings. The van der Waals surface area contributed by atoms with E-state index in [0.29, 0.717) is 4.91 Å². The van der Waals surface area contributed by atoms with Gasteiger partial charge in [-0.05, 0) is 30.7 Å². The third-order valence-corrected chi connectivity index (χ3v) is 5.37. The van der Waals surface area contributed by atoms with Gasteiger partial charge < -0.3 is 0 Å². The first-order valence-corrected chi connectivity index (χ1v) is 9.32. The Balaban J connectivity index is 1.70. The lowest BCUT2D eigenvalue weighted by Gasteiger charge is -2.29. The number of para-hydroxylation sites is 1. The Morgan fingerprint density at radius 3 is 2.67 bits per heavy atom. The van der Waals surface area contributed by atoms with Crippen LogP contribution in [0.3, 0.4) is 0 Å². The number of imidazole rings is 1. The number of nitrogens with zero attached hydrogens (tertiary/aromatic N) is 3. The van der Waals surface area contributed by atoms with E-state index in [1.807, 2.05) is 61.5 Å². The molecular weight excluding hydrogens is 358 g/mol. The quantitative estimate of drug-likeness (QED) is 0.649. The predicted octanol–water partition coefficient (Wildman–Crippen LogP) is 4.01. The van der Waals surface area contributed by atoms with E-state index in [1.165, 1.54) is 27.6 Å². The molecule has 0 radical (unpaired) electrons. The first kappa shape index (κ1) is 17.3. The number of aromatic nitrogens is 2. The van der Waals surface area contributed by atoms with Crippen LogP contribution in [0.4, 0.5) is 5.69 Å². The first-order valence-electron chi connectivity index (χ1n) is 8.50. The van der Waals surface area contributed by atoms with E-state index in [-0.39, 0.29) is 18.4 Å². The number of benzene rings is 2. The molecule has 2 heterocycles. The van der Waals surface area contributed by atoms with Gasteiger partial charge in [-0.2, -0.15) is 0 Å². The van der Waals surface area contributed by atoms with E-state index in [9.17, 15) is 9.59 Å². The lowest BCUT2D eigenvalue weighted by molar-refractivity contribution is -0.114. The van der Waals surface area contributed by atoms with Gasteiger partial charge in [-0.1, -0.05) is 53.7 Å². The largest absolute Gasteiger partial charge is 0.297 e. The summed E-state index contributed by atoms with van der Waals surface area (Å²) in [6.07, 6.45) is 6.44. The molecule has 0 unspecified atom stereocenters. The van der Waals surface area contributed by atoms with E-state index in [4.69, 9.17) is 0 Å². The summed E-state index contributed by atoms with van der Waals surface area (Å²) in [5.74, 6) is -0.384. The van der Waals surface area contributed by atoms with Crippen LogP contribution < -0.4 is 4.90 Å². The number of hydrogen-bond acceptors (Lipinski definition) is 4. The molecule has 0 N–H and O–H groups in total. The molecule has 3 aromatic rings. The number of hydrogen-bond donors (Lipinski definition) is 0. The van der Waals surface area contributed by atoms with Gasteiger partial charge >= 0.3 is 0 Å². The number of anilines is 1. The van der Waals surface area contributed by atoms with Gasteiger partial charge in [0.2, 0.25) is 0 Å². The van der Waals surface area contributed by atoms with Crippen LogP contribution in [0, 0.1) is 6.92 Å². The van der Waals surface area contributed by atoms with Gasteiger partial charge in [0.1, 0.15) is 12.9 Å². The van der Waals surface area contributed by atoms with E-state index in [0.717, 1.165) is 21.7 Å². The van der Waals surface area contributed by atoms with E-state index < -0.39 is 0 Å². The maximum atomic E-state index is 13.1. The Hall–Kier alpha value is -3.12. The first-order chi connectivity index (χ1) is 13.1. The van der Waals surface area contributed by atoms with Crippen molar-refractivity contribution in [1.82, 2.24) is 9.55 Å². The zero-order valence-electron chi connectivity index (χ0n) is 14.7. The average molecular weight is 375 g/mol. The zero-order valence-corrected chi connectivity index (χ0v) is 15.5. The molecule has 0 spiro atoms. The molecule has 0 atom stereocenters. The zero-order chi connectivity index (χ0) is 18.8. The number of carbonyl (C=O) groups excluding carboxylic acids is 2. The molecule has 5 nitrogen and oxygen atoms in total. The Morgan fingerprint density at radius 2 is 1.93 bits per heavy atom. The molecule has 27 heavy (non-hydrogen) atoms. The topological polar surface area (TPSA) is 55.2 Å². The maximum absolute atomic E-state index is 13.1. The third kappa shape index (κ3) is 3.57. The lowest BCUT2D eigenvalue weighted by atomic mass is 10.1. The number of thioether (sulfide) groups is 1. The van der Waals surface area contributed by atoms with E-state index in [1.54, 1.807) is 12.4 Å². The fraction of sp³-hybridized carbons (Fsp3) is 0.0952. The Morgan fingerprint density at radius 1 is 1.15 bits per heavy atom. The van der Waals surface area contributed by atoms with Crippen molar-refractivity contribution in [1.29, 1.82) is 0 Å².